The van der Waals surface area contributed by atoms with Crippen LogP contribution >= 0.6 is 0 Å². The van der Waals surface area contributed by atoms with Gasteiger partial charge < -0.3 is 18.9 Å². The van der Waals surface area contributed by atoms with Crippen LogP contribution in [-0.4, -0.2) is 63.0 Å². The van der Waals surface area contributed by atoms with Crippen LogP contribution in [0.2, 0.25) is 0 Å². The first kappa shape index (κ1) is 26.1. The van der Waals surface area contributed by atoms with Crippen LogP contribution in [0.25, 0.3) is 0 Å². The van der Waals surface area contributed by atoms with Gasteiger partial charge in [0.05, 0.1) is 10.6 Å². The number of benzene rings is 1. The van der Waals surface area contributed by atoms with Crippen molar-refractivity contribution in [2.75, 3.05) is 12.4 Å². The summed E-state index contributed by atoms with van der Waals surface area (Å²) in [6, 6.07) is 7.63. The highest BCUT2D eigenvalue weighted by atomic mass is 32.2. The summed E-state index contributed by atoms with van der Waals surface area (Å²) in [7, 11) is -3.75. The molecule has 0 radical (unpaired) electrons. The minimum Gasteiger partial charge on any atom is -0.462 e. The maximum atomic E-state index is 12.6. The number of hydrogen-bond donors (Lipinski definition) is 0. The molecule has 0 aromatic heterocycles. The van der Waals surface area contributed by atoms with E-state index in [1.807, 2.05) is 0 Å². The molecular weight excluding hydrogens is 432 g/mol. The summed E-state index contributed by atoms with van der Waals surface area (Å²) < 4.78 is 45.6. The van der Waals surface area contributed by atoms with Crippen molar-refractivity contribution < 1.29 is 46.5 Å². The second-order valence-corrected chi connectivity index (χ2v) is 8.70. The van der Waals surface area contributed by atoms with Crippen molar-refractivity contribution in [3.05, 3.63) is 30.3 Å². The van der Waals surface area contributed by atoms with Gasteiger partial charge in [0.15, 0.2) is 22.0 Å². The fourth-order valence-corrected chi connectivity index (χ4v) is 4.06. The Morgan fingerprint density at radius 1 is 0.774 bits per heavy atom. The standard InChI is InChI=1S/C20H26O10S/c1-13(21)27-12-19(29-15(3)23)20(30-16(4)24)18(28-14(2)22)10-11-31(25,26)17-8-6-5-7-9-17/h5-9,18-20H,10-12H2,1-4H3/t18-,19?,20+/m1/s1. The number of hydrogen-bond acceptors (Lipinski definition) is 10. The molecular formula is C20H26O10S. The fourth-order valence-electron chi connectivity index (χ4n) is 2.71. The van der Waals surface area contributed by atoms with E-state index in [2.05, 4.69) is 0 Å². The van der Waals surface area contributed by atoms with Gasteiger partial charge >= 0.3 is 23.9 Å². The Hall–Kier alpha value is -2.95. The lowest BCUT2D eigenvalue weighted by molar-refractivity contribution is -0.189. The maximum absolute atomic E-state index is 12.6. The topological polar surface area (TPSA) is 139 Å². The van der Waals surface area contributed by atoms with E-state index in [9.17, 15) is 27.6 Å². The average Bonchev–Trinajstić information content (AvgIpc) is 2.66. The third kappa shape index (κ3) is 9.60. The van der Waals surface area contributed by atoms with E-state index in [1.165, 1.54) is 12.1 Å². The van der Waals surface area contributed by atoms with Gasteiger partial charge in [-0.25, -0.2) is 8.42 Å². The second kappa shape index (κ2) is 12.0. The van der Waals surface area contributed by atoms with E-state index >= 15 is 0 Å². The summed E-state index contributed by atoms with van der Waals surface area (Å²) in [6.45, 7) is 3.90. The Bertz CT molecular complexity index is 878. The Morgan fingerprint density at radius 3 is 1.77 bits per heavy atom. The highest BCUT2D eigenvalue weighted by Crippen LogP contribution is 2.20. The third-order valence-corrected chi connectivity index (χ3v) is 5.66. The largest absolute Gasteiger partial charge is 0.462 e. The minimum absolute atomic E-state index is 0.0667. The predicted octanol–water partition coefficient (Wildman–Crippen LogP) is 1.21. The molecule has 0 fully saturated rings. The van der Waals surface area contributed by atoms with E-state index in [4.69, 9.17) is 18.9 Å². The van der Waals surface area contributed by atoms with Crippen molar-refractivity contribution in [1.82, 2.24) is 0 Å². The quantitative estimate of drug-likeness (QED) is 0.351. The number of carbonyl (C=O) groups is 4. The maximum Gasteiger partial charge on any atom is 0.303 e. The lowest BCUT2D eigenvalue weighted by Gasteiger charge is -2.31. The van der Waals surface area contributed by atoms with Crippen molar-refractivity contribution in [2.45, 2.75) is 57.3 Å². The van der Waals surface area contributed by atoms with E-state index < -0.39 is 64.4 Å². The summed E-state index contributed by atoms with van der Waals surface area (Å²) >= 11 is 0. The van der Waals surface area contributed by atoms with Gasteiger partial charge in [-0.15, -0.1) is 0 Å². The van der Waals surface area contributed by atoms with Crippen LogP contribution in [0.15, 0.2) is 35.2 Å². The van der Waals surface area contributed by atoms with Gasteiger partial charge in [-0.1, -0.05) is 18.2 Å². The van der Waals surface area contributed by atoms with Crippen molar-refractivity contribution in [1.29, 1.82) is 0 Å². The molecule has 0 aliphatic carbocycles. The third-order valence-electron chi connectivity index (χ3n) is 3.89. The minimum atomic E-state index is -3.75. The van der Waals surface area contributed by atoms with Crippen molar-refractivity contribution in [3.63, 3.8) is 0 Å². The van der Waals surface area contributed by atoms with Crippen LogP contribution in [0.1, 0.15) is 34.1 Å². The molecule has 0 spiro atoms. The molecule has 0 aliphatic rings. The number of esters is 4. The summed E-state index contributed by atoms with van der Waals surface area (Å²) in [5.41, 5.74) is 0. The molecule has 0 bridgehead atoms. The van der Waals surface area contributed by atoms with Crippen LogP contribution in [-0.2, 0) is 48.0 Å². The molecule has 0 N–H and O–H groups in total. The Balaban J connectivity index is 3.20. The molecule has 11 heteroatoms. The van der Waals surface area contributed by atoms with E-state index in [0.717, 1.165) is 27.7 Å². The lowest BCUT2D eigenvalue weighted by Crippen LogP contribution is -2.48. The van der Waals surface area contributed by atoms with Crippen molar-refractivity contribution in [2.24, 2.45) is 0 Å². The molecule has 1 unspecified atom stereocenters. The monoisotopic (exact) mass is 458 g/mol. The second-order valence-electron chi connectivity index (χ2n) is 6.59. The van der Waals surface area contributed by atoms with Crippen molar-refractivity contribution in [3.8, 4) is 0 Å². The molecule has 0 amide bonds. The number of ether oxygens (including phenoxy) is 4. The van der Waals surface area contributed by atoms with Crippen LogP contribution in [0, 0.1) is 0 Å². The first-order chi connectivity index (χ1) is 14.4. The zero-order valence-corrected chi connectivity index (χ0v) is 18.5. The smallest absolute Gasteiger partial charge is 0.303 e. The van der Waals surface area contributed by atoms with Crippen LogP contribution in [0.3, 0.4) is 0 Å². The molecule has 3 atom stereocenters. The molecule has 0 aliphatic heterocycles. The first-order valence-electron chi connectivity index (χ1n) is 9.35. The first-order valence-corrected chi connectivity index (χ1v) is 11.0. The van der Waals surface area contributed by atoms with E-state index in [1.54, 1.807) is 18.2 Å². The average molecular weight is 458 g/mol. The fraction of sp³-hybridized carbons (Fsp3) is 0.500. The molecule has 1 rings (SSSR count). The van der Waals surface area contributed by atoms with Gasteiger partial charge in [0.25, 0.3) is 0 Å². The van der Waals surface area contributed by atoms with Crippen LogP contribution < -0.4 is 0 Å². The highest BCUT2D eigenvalue weighted by Gasteiger charge is 2.38. The molecule has 0 saturated carbocycles. The van der Waals surface area contributed by atoms with Crippen LogP contribution in [0.4, 0.5) is 0 Å². The number of rotatable bonds is 11. The Kier molecular flexibility index (Phi) is 10.1. The SMILES string of the molecule is CC(=O)OCC(OC(C)=O)[C@@H](OC(C)=O)[C@@H](CCS(=O)(=O)c1ccccc1)OC(C)=O. The predicted molar refractivity (Wildman–Crippen MR) is 106 cm³/mol. The number of sulfone groups is 1. The molecule has 0 saturated heterocycles. The van der Waals surface area contributed by atoms with Crippen molar-refractivity contribution >= 4 is 33.7 Å². The summed E-state index contributed by atoms with van der Waals surface area (Å²) in [4.78, 5) is 46.1. The van der Waals surface area contributed by atoms with Crippen LogP contribution in [0.5, 0.6) is 0 Å². The summed E-state index contributed by atoms with van der Waals surface area (Å²) in [5.74, 6) is -3.48. The van der Waals surface area contributed by atoms with Gasteiger partial charge in [0.1, 0.15) is 12.7 Å². The Morgan fingerprint density at radius 2 is 1.29 bits per heavy atom. The normalized spacial score (nSPS) is 13.9. The highest BCUT2D eigenvalue weighted by molar-refractivity contribution is 7.91. The van der Waals surface area contributed by atoms with E-state index in [0.29, 0.717) is 0 Å². The van der Waals surface area contributed by atoms with Gasteiger partial charge in [0, 0.05) is 34.1 Å². The summed E-state index contributed by atoms with van der Waals surface area (Å²) in [5, 5.41) is 0. The Labute approximate surface area is 180 Å². The molecule has 10 nitrogen and oxygen atoms in total. The molecule has 0 heterocycles. The number of carbonyl (C=O) groups excluding carboxylic acids is 4. The molecule has 172 valence electrons. The summed E-state index contributed by atoms with van der Waals surface area (Å²) in [6.07, 6.45) is -4.29. The lowest BCUT2D eigenvalue weighted by atomic mass is 10.1. The zero-order valence-electron chi connectivity index (χ0n) is 17.7. The molecule has 1 aromatic rings. The van der Waals surface area contributed by atoms with Gasteiger partial charge in [-0.2, -0.15) is 0 Å². The molecule has 31 heavy (non-hydrogen) atoms. The molecule has 1 aromatic carbocycles. The van der Waals surface area contributed by atoms with Gasteiger partial charge in [-0.3, -0.25) is 19.2 Å². The van der Waals surface area contributed by atoms with Gasteiger partial charge in [-0.05, 0) is 12.1 Å². The zero-order chi connectivity index (χ0) is 23.6. The van der Waals surface area contributed by atoms with E-state index in [-0.39, 0.29) is 11.3 Å². The van der Waals surface area contributed by atoms with Gasteiger partial charge in [0.2, 0.25) is 0 Å².